The van der Waals surface area contributed by atoms with Crippen LogP contribution in [-0.4, -0.2) is 25.7 Å². The number of halogens is 3. The molecule has 114 valence electrons. The number of benzene rings is 1. The third-order valence-corrected chi connectivity index (χ3v) is 3.70. The van der Waals surface area contributed by atoms with E-state index in [-0.39, 0.29) is 11.6 Å². The van der Waals surface area contributed by atoms with Crippen molar-refractivity contribution < 1.29 is 13.2 Å². The van der Waals surface area contributed by atoms with Crippen LogP contribution in [0.3, 0.4) is 0 Å². The van der Waals surface area contributed by atoms with Crippen molar-refractivity contribution in [1.82, 2.24) is 5.32 Å². The van der Waals surface area contributed by atoms with E-state index in [1.165, 1.54) is 12.1 Å². The lowest BCUT2D eigenvalue weighted by atomic mass is 10.1. The van der Waals surface area contributed by atoms with Crippen LogP contribution in [-0.2, 0) is 6.18 Å². The standard InChI is InChI=1S/C15H18F3N3/c1-2-7-21(13-5-6-20-10-13)12-3-4-14(15(16,17)18)11(8-12)9-19/h3-4,8,13,20H,2,5-7,10H2,1H3. The number of rotatable bonds is 4. The van der Waals surface area contributed by atoms with Gasteiger partial charge in [0.1, 0.15) is 0 Å². The maximum absolute atomic E-state index is 12.8. The molecule has 1 fully saturated rings. The normalized spacial score (nSPS) is 18.5. The molecule has 0 aliphatic carbocycles. The van der Waals surface area contributed by atoms with Crippen molar-refractivity contribution in [1.29, 1.82) is 5.26 Å². The van der Waals surface area contributed by atoms with Crippen molar-refractivity contribution in [2.75, 3.05) is 24.5 Å². The molecular weight excluding hydrogens is 279 g/mol. The molecule has 1 aliphatic heterocycles. The van der Waals surface area contributed by atoms with Gasteiger partial charge in [-0.15, -0.1) is 0 Å². The largest absolute Gasteiger partial charge is 0.417 e. The van der Waals surface area contributed by atoms with Crippen molar-refractivity contribution in [3.05, 3.63) is 29.3 Å². The van der Waals surface area contributed by atoms with Gasteiger partial charge in [0.15, 0.2) is 0 Å². The Morgan fingerprint density at radius 3 is 2.71 bits per heavy atom. The zero-order valence-corrected chi connectivity index (χ0v) is 11.9. The molecule has 1 aromatic rings. The molecule has 0 amide bonds. The van der Waals surface area contributed by atoms with Gasteiger partial charge in [-0.2, -0.15) is 18.4 Å². The highest BCUT2D eigenvalue weighted by Crippen LogP contribution is 2.34. The average Bonchev–Trinajstić information content (AvgIpc) is 2.97. The van der Waals surface area contributed by atoms with Gasteiger partial charge >= 0.3 is 6.18 Å². The van der Waals surface area contributed by atoms with Crippen LogP contribution in [0, 0.1) is 11.3 Å². The van der Waals surface area contributed by atoms with E-state index in [1.807, 2.05) is 6.92 Å². The summed E-state index contributed by atoms with van der Waals surface area (Å²) in [6.07, 6.45) is -2.63. The second kappa shape index (κ2) is 6.35. The van der Waals surface area contributed by atoms with Gasteiger partial charge in [-0.25, -0.2) is 0 Å². The van der Waals surface area contributed by atoms with E-state index in [1.54, 1.807) is 6.07 Å². The first kappa shape index (κ1) is 15.6. The smallest absolute Gasteiger partial charge is 0.367 e. The Labute approximate surface area is 122 Å². The second-order valence-electron chi connectivity index (χ2n) is 5.18. The number of hydrogen-bond donors (Lipinski definition) is 1. The first-order valence-corrected chi connectivity index (χ1v) is 7.06. The highest BCUT2D eigenvalue weighted by molar-refractivity contribution is 5.56. The third-order valence-electron chi connectivity index (χ3n) is 3.70. The second-order valence-corrected chi connectivity index (χ2v) is 5.18. The van der Waals surface area contributed by atoms with Gasteiger partial charge in [0.25, 0.3) is 0 Å². The lowest BCUT2D eigenvalue weighted by molar-refractivity contribution is -0.137. The summed E-state index contributed by atoms with van der Waals surface area (Å²) in [7, 11) is 0. The molecule has 21 heavy (non-hydrogen) atoms. The van der Waals surface area contributed by atoms with Gasteiger partial charge in [0.2, 0.25) is 0 Å². The first-order valence-electron chi connectivity index (χ1n) is 7.06. The van der Waals surface area contributed by atoms with E-state index in [4.69, 9.17) is 5.26 Å². The first-order chi connectivity index (χ1) is 9.97. The molecule has 0 radical (unpaired) electrons. The van der Waals surface area contributed by atoms with Gasteiger partial charge in [-0.1, -0.05) is 6.92 Å². The summed E-state index contributed by atoms with van der Waals surface area (Å²) < 4.78 is 38.5. The van der Waals surface area contributed by atoms with Crippen molar-refractivity contribution in [2.45, 2.75) is 32.0 Å². The molecule has 2 rings (SSSR count). The zero-order chi connectivity index (χ0) is 15.5. The van der Waals surface area contributed by atoms with Crippen LogP contribution in [0.15, 0.2) is 18.2 Å². The number of nitriles is 1. The average molecular weight is 297 g/mol. The molecule has 0 bridgehead atoms. The van der Waals surface area contributed by atoms with Crippen LogP contribution in [0.1, 0.15) is 30.9 Å². The molecule has 6 heteroatoms. The van der Waals surface area contributed by atoms with Crippen LogP contribution >= 0.6 is 0 Å². The third kappa shape index (κ3) is 3.48. The fourth-order valence-electron chi connectivity index (χ4n) is 2.72. The minimum absolute atomic E-state index is 0.272. The summed E-state index contributed by atoms with van der Waals surface area (Å²) in [5, 5.41) is 12.3. The summed E-state index contributed by atoms with van der Waals surface area (Å²) >= 11 is 0. The van der Waals surface area contributed by atoms with Gasteiger partial charge in [0, 0.05) is 24.8 Å². The van der Waals surface area contributed by atoms with Crippen molar-refractivity contribution in [3.63, 3.8) is 0 Å². The van der Waals surface area contributed by atoms with Crippen LogP contribution < -0.4 is 10.2 Å². The molecule has 3 nitrogen and oxygen atoms in total. The number of anilines is 1. The monoisotopic (exact) mass is 297 g/mol. The van der Waals surface area contributed by atoms with E-state index in [2.05, 4.69) is 10.2 Å². The fourth-order valence-corrected chi connectivity index (χ4v) is 2.72. The van der Waals surface area contributed by atoms with Crippen molar-refractivity contribution in [2.24, 2.45) is 0 Å². The van der Waals surface area contributed by atoms with Crippen molar-refractivity contribution >= 4 is 5.69 Å². The quantitative estimate of drug-likeness (QED) is 0.928. The number of nitrogens with zero attached hydrogens (tertiary/aromatic N) is 2. The Kier molecular flexibility index (Phi) is 4.73. The summed E-state index contributed by atoms with van der Waals surface area (Å²) in [5.41, 5.74) is -0.489. The maximum atomic E-state index is 12.8. The van der Waals surface area contributed by atoms with Gasteiger partial charge in [-0.05, 0) is 37.6 Å². The van der Waals surface area contributed by atoms with Gasteiger partial charge < -0.3 is 10.2 Å². The molecule has 1 aromatic carbocycles. The minimum Gasteiger partial charge on any atom is -0.367 e. The van der Waals surface area contributed by atoms with E-state index < -0.39 is 11.7 Å². The van der Waals surface area contributed by atoms with Crippen molar-refractivity contribution in [3.8, 4) is 6.07 Å². The number of nitrogens with one attached hydrogen (secondary N) is 1. The zero-order valence-electron chi connectivity index (χ0n) is 11.9. The lowest BCUT2D eigenvalue weighted by Gasteiger charge is -2.31. The topological polar surface area (TPSA) is 39.1 Å². The molecular formula is C15H18F3N3. The van der Waals surface area contributed by atoms with Crippen LogP contribution in [0.25, 0.3) is 0 Å². The lowest BCUT2D eigenvalue weighted by Crippen LogP contribution is -2.37. The Morgan fingerprint density at radius 2 is 2.19 bits per heavy atom. The fraction of sp³-hybridized carbons (Fsp3) is 0.533. The molecule has 0 aromatic heterocycles. The van der Waals surface area contributed by atoms with E-state index in [0.29, 0.717) is 5.69 Å². The SMILES string of the molecule is CCCN(c1ccc(C(F)(F)F)c(C#N)c1)C1CCNC1. The highest BCUT2D eigenvalue weighted by Gasteiger charge is 2.34. The Bertz CT molecular complexity index is 528. The van der Waals surface area contributed by atoms with E-state index >= 15 is 0 Å². The molecule has 1 saturated heterocycles. The predicted octanol–water partition coefficient (Wildman–Crippen LogP) is 3.16. The van der Waals surface area contributed by atoms with Crippen LogP contribution in [0.5, 0.6) is 0 Å². The Hall–Kier alpha value is -1.74. The molecule has 0 spiro atoms. The minimum atomic E-state index is -4.49. The predicted molar refractivity (Wildman–Crippen MR) is 75.1 cm³/mol. The summed E-state index contributed by atoms with van der Waals surface area (Å²) in [6.45, 7) is 4.53. The molecule has 1 atom stereocenters. The summed E-state index contributed by atoms with van der Waals surface area (Å²) in [5.74, 6) is 0. The van der Waals surface area contributed by atoms with Gasteiger partial charge in [0.05, 0.1) is 17.2 Å². The molecule has 1 heterocycles. The van der Waals surface area contributed by atoms with Crippen LogP contribution in [0.2, 0.25) is 0 Å². The van der Waals surface area contributed by atoms with E-state index in [0.717, 1.165) is 38.5 Å². The Balaban J connectivity index is 2.35. The van der Waals surface area contributed by atoms with E-state index in [9.17, 15) is 13.2 Å². The van der Waals surface area contributed by atoms with Crippen LogP contribution in [0.4, 0.5) is 18.9 Å². The summed E-state index contributed by atoms with van der Waals surface area (Å²) in [4.78, 5) is 2.10. The molecule has 1 aliphatic rings. The summed E-state index contributed by atoms with van der Waals surface area (Å²) in [6, 6.07) is 5.78. The Morgan fingerprint density at radius 1 is 1.43 bits per heavy atom. The number of hydrogen-bond acceptors (Lipinski definition) is 3. The maximum Gasteiger partial charge on any atom is 0.417 e. The highest BCUT2D eigenvalue weighted by atomic mass is 19.4. The molecule has 0 saturated carbocycles. The number of alkyl halides is 3. The van der Waals surface area contributed by atoms with Gasteiger partial charge in [-0.3, -0.25) is 0 Å². The molecule has 1 unspecified atom stereocenters. The molecule has 1 N–H and O–H groups in total.